The molecule has 0 saturated heterocycles. The third-order valence-electron chi connectivity index (χ3n) is 3.76. The van der Waals surface area contributed by atoms with Crippen LogP contribution in [0, 0.1) is 0 Å². The first-order chi connectivity index (χ1) is 9.70. The van der Waals surface area contributed by atoms with E-state index >= 15 is 0 Å². The summed E-state index contributed by atoms with van der Waals surface area (Å²) in [5.74, 6) is 6.18. The first kappa shape index (κ1) is 15.1. The molecule has 1 saturated carbocycles. The van der Waals surface area contributed by atoms with E-state index in [1.54, 1.807) is 0 Å². The average Bonchev–Trinajstić information content (AvgIpc) is 2.49. The molecular formula is C15H21ClN2O2. The molecule has 0 aromatic heterocycles. The molecule has 3 N–H and O–H groups in total. The summed E-state index contributed by atoms with van der Waals surface area (Å²) in [6.07, 6.45) is 6.44. The van der Waals surface area contributed by atoms with Crippen molar-refractivity contribution in [1.82, 2.24) is 5.43 Å². The number of hydrogen-bond acceptors (Lipinski definition) is 3. The number of halogens is 1. The van der Waals surface area contributed by atoms with Crippen molar-refractivity contribution in [3.05, 3.63) is 28.8 Å². The molecule has 0 aliphatic heterocycles. The smallest absolute Gasteiger partial charge is 0.237 e. The minimum atomic E-state index is -0.224. The summed E-state index contributed by atoms with van der Waals surface area (Å²) in [6.45, 7) is 0.324. The molecule has 1 fully saturated rings. The SMILES string of the molecule is NNC(=O)CCOc1ccc(Cl)cc1C1CCCCC1. The van der Waals surface area contributed by atoms with E-state index in [1.165, 1.54) is 37.7 Å². The van der Waals surface area contributed by atoms with Crippen molar-refractivity contribution in [2.75, 3.05) is 6.61 Å². The van der Waals surface area contributed by atoms with Crippen LogP contribution in [-0.2, 0) is 4.79 Å². The van der Waals surface area contributed by atoms with Gasteiger partial charge in [-0.3, -0.25) is 10.2 Å². The van der Waals surface area contributed by atoms with Gasteiger partial charge in [-0.25, -0.2) is 5.84 Å². The Morgan fingerprint density at radius 1 is 1.35 bits per heavy atom. The maximum atomic E-state index is 11.1. The molecule has 1 aliphatic rings. The van der Waals surface area contributed by atoms with Gasteiger partial charge in [0, 0.05) is 5.02 Å². The van der Waals surface area contributed by atoms with Crippen LogP contribution < -0.4 is 16.0 Å². The topological polar surface area (TPSA) is 64.3 Å². The lowest BCUT2D eigenvalue weighted by atomic mass is 9.84. The van der Waals surface area contributed by atoms with Crippen molar-refractivity contribution in [3.63, 3.8) is 0 Å². The van der Waals surface area contributed by atoms with Crippen LogP contribution in [0.3, 0.4) is 0 Å². The molecule has 0 bridgehead atoms. The number of benzene rings is 1. The van der Waals surface area contributed by atoms with Gasteiger partial charge in [-0.2, -0.15) is 0 Å². The van der Waals surface area contributed by atoms with Crippen LogP contribution in [0.4, 0.5) is 0 Å². The number of nitrogens with two attached hydrogens (primary N) is 1. The van der Waals surface area contributed by atoms with E-state index in [1.807, 2.05) is 18.2 Å². The summed E-state index contributed by atoms with van der Waals surface area (Å²) in [7, 11) is 0. The third kappa shape index (κ3) is 4.12. The molecule has 1 amide bonds. The van der Waals surface area contributed by atoms with E-state index in [2.05, 4.69) is 5.43 Å². The molecule has 0 atom stereocenters. The van der Waals surface area contributed by atoms with Gasteiger partial charge in [-0.15, -0.1) is 0 Å². The zero-order chi connectivity index (χ0) is 14.4. The summed E-state index contributed by atoms with van der Waals surface area (Å²) < 4.78 is 5.74. The highest BCUT2D eigenvalue weighted by Crippen LogP contribution is 2.38. The van der Waals surface area contributed by atoms with E-state index in [0.29, 0.717) is 12.5 Å². The van der Waals surface area contributed by atoms with Gasteiger partial charge in [-0.1, -0.05) is 30.9 Å². The summed E-state index contributed by atoms with van der Waals surface area (Å²) >= 11 is 6.11. The van der Waals surface area contributed by atoms with E-state index in [9.17, 15) is 4.79 Å². The van der Waals surface area contributed by atoms with Gasteiger partial charge < -0.3 is 4.74 Å². The van der Waals surface area contributed by atoms with Crippen molar-refractivity contribution in [2.24, 2.45) is 5.84 Å². The quantitative estimate of drug-likeness (QED) is 0.498. The van der Waals surface area contributed by atoms with Crippen molar-refractivity contribution < 1.29 is 9.53 Å². The zero-order valence-electron chi connectivity index (χ0n) is 11.5. The number of amides is 1. The first-order valence-corrected chi connectivity index (χ1v) is 7.50. The predicted molar refractivity (Wildman–Crippen MR) is 79.7 cm³/mol. The van der Waals surface area contributed by atoms with E-state index < -0.39 is 0 Å². The van der Waals surface area contributed by atoms with Crippen LogP contribution in [0.5, 0.6) is 5.75 Å². The zero-order valence-corrected chi connectivity index (χ0v) is 12.3. The number of ether oxygens (including phenoxy) is 1. The molecule has 1 aliphatic carbocycles. The van der Waals surface area contributed by atoms with Crippen LogP contribution in [0.25, 0.3) is 0 Å². The fourth-order valence-electron chi connectivity index (χ4n) is 2.71. The number of carbonyl (C=O) groups is 1. The summed E-state index contributed by atoms with van der Waals surface area (Å²) in [4.78, 5) is 11.1. The van der Waals surface area contributed by atoms with Gasteiger partial charge in [0.05, 0.1) is 13.0 Å². The number of carbonyl (C=O) groups excluding carboxylic acids is 1. The highest BCUT2D eigenvalue weighted by Gasteiger charge is 2.19. The van der Waals surface area contributed by atoms with Gasteiger partial charge in [0.25, 0.3) is 0 Å². The number of nitrogens with one attached hydrogen (secondary N) is 1. The molecule has 1 aromatic carbocycles. The molecule has 1 aromatic rings. The second-order valence-corrected chi connectivity index (χ2v) is 5.62. The summed E-state index contributed by atoms with van der Waals surface area (Å²) in [6, 6.07) is 5.72. The Morgan fingerprint density at radius 2 is 2.10 bits per heavy atom. The number of rotatable bonds is 5. The Balaban J connectivity index is 2.05. The maximum Gasteiger partial charge on any atom is 0.237 e. The standard InChI is InChI=1S/C15H21ClN2O2/c16-12-6-7-14(20-9-8-15(19)18-17)13(10-12)11-4-2-1-3-5-11/h6-7,10-11H,1-5,8-9,17H2,(H,18,19). The van der Waals surface area contributed by atoms with Crippen molar-refractivity contribution in [1.29, 1.82) is 0 Å². The van der Waals surface area contributed by atoms with Gasteiger partial charge in [-0.05, 0) is 42.5 Å². The molecule has 2 rings (SSSR count). The van der Waals surface area contributed by atoms with Crippen LogP contribution >= 0.6 is 11.6 Å². The second-order valence-electron chi connectivity index (χ2n) is 5.18. The molecule has 5 heteroatoms. The minimum absolute atomic E-state index is 0.224. The lowest BCUT2D eigenvalue weighted by molar-refractivity contribution is -0.121. The molecule has 0 radical (unpaired) electrons. The largest absolute Gasteiger partial charge is 0.493 e. The Hall–Kier alpha value is -1.26. The molecular weight excluding hydrogens is 276 g/mol. The normalized spacial score (nSPS) is 15.9. The van der Waals surface area contributed by atoms with Crippen LogP contribution in [0.2, 0.25) is 5.02 Å². The average molecular weight is 297 g/mol. The Kier molecular flexibility index (Phi) is 5.68. The molecule has 110 valence electrons. The lowest BCUT2D eigenvalue weighted by Crippen LogP contribution is -2.31. The van der Waals surface area contributed by atoms with Crippen molar-refractivity contribution >= 4 is 17.5 Å². The van der Waals surface area contributed by atoms with Gasteiger partial charge in [0.15, 0.2) is 0 Å². The number of hydrazine groups is 1. The Labute approximate surface area is 124 Å². The van der Waals surface area contributed by atoms with E-state index in [0.717, 1.165) is 10.8 Å². The van der Waals surface area contributed by atoms with Crippen molar-refractivity contribution in [3.8, 4) is 5.75 Å². The maximum absolute atomic E-state index is 11.1. The third-order valence-corrected chi connectivity index (χ3v) is 4.00. The lowest BCUT2D eigenvalue weighted by Gasteiger charge is -2.24. The monoisotopic (exact) mass is 296 g/mol. The highest BCUT2D eigenvalue weighted by atomic mass is 35.5. The van der Waals surface area contributed by atoms with Crippen molar-refractivity contribution in [2.45, 2.75) is 44.4 Å². The molecule has 0 spiro atoms. The molecule has 20 heavy (non-hydrogen) atoms. The highest BCUT2D eigenvalue weighted by molar-refractivity contribution is 6.30. The van der Waals surface area contributed by atoms with E-state index in [4.69, 9.17) is 22.2 Å². The summed E-state index contributed by atoms with van der Waals surface area (Å²) in [5.41, 5.74) is 3.27. The van der Waals surface area contributed by atoms with E-state index in [-0.39, 0.29) is 12.3 Å². The second kappa shape index (κ2) is 7.50. The minimum Gasteiger partial charge on any atom is -0.493 e. The van der Waals surface area contributed by atoms with Crippen LogP contribution in [-0.4, -0.2) is 12.5 Å². The fourth-order valence-corrected chi connectivity index (χ4v) is 2.89. The predicted octanol–water partition coefficient (Wildman–Crippen LogP) is 3.15. The van der Waals surface area contributed by atoms with Crippen LogP contribution in [0.1, 0.15) is 50.0 Å². The molecule has 4 nitrogen and oxygen atoms in total. The van der Waals surface area contributed by atoms with Gasteiger partial charge in [0.2, 0.25) is 5.91 Å². The first-order valence-electron chi connectivity index (χ1n) is 7.12. The summed E-state index contributed by atoms with van der Waals surface area (Å²) in [5, 5.41) is 0.734. The van der Waals surface area contributed by atoms with Gasteiger partial charge >= 0.3 is 0 Å². The molecule has 0 heterocycles. The fraction of sp³-hybridized carbons (Fsp3) is 0.533. The number of hydrogen-bond donors (Lipinski definition) is 2. The Morgan fingerprint density at radius 3 is 2.80 bits per heavy atom. The Bertz CT molecular complexity index is 459. The van der Waals surface area contributed by atoms with Crippen LogP contribution in [0.15, 0.2) is 18.2 Å². The molecule has 0 unspecified atom stereocenters. The van der Waals surface area contributed by atoms with Gasteiger partial charge in [0.1, 0.15) is 5.75 Å².